The van der Waals surface area contributed by atoms with E-state index in [-0.39, 0.29) is 11.9 Å². The molecule has 1 atom stereocenters. The fraction of sp³-hybridized carbons (Fsp3) is 0.923. The highest BCUT2D eigenvalue weighted by molar-refractivity contribution is 5.72. The van der Waals surface area contributed by atoms with Gasteiger partial charge in [-0.15, -0.1) is 0 Å². The van der Waals surface area contributed by atoms with Gasteiger partial charge in [0.1, 0.15) is 0 Å². The number of methoxy groups -OCH3 is 1. The number of nitrogens with zero attached hydrogens (tertiary/aromatic N) is 2. The van der Waals surface area contributed by atoms with Crippen molar-refractivity contribution >= 4 is 5.97 Å². The Hall–Kier alpha value is -0.610. The van der Waals surface area contributed by atoms with Gasteiger partial charge < -0.3 is 14.5 Å². The summed E-state index contributed by atoms with van der Waals surface area (Å²) in [4.78, 5) is 16.2. The van der Waals surface area contributed by atoms with Gasteiger partial charge in [0.15, 0.2) is 0 Å². The summed E-state index contributed by atoms with van der Waals surface area (Å²) in [5, 5.41) is 0. The summed E-state index contributed by atoms with van der Waals surface area (Å²) < 4.78 is 4.76. The lowest BCUT2D eigenvalue weighted by Crippen LogP contribution is -2.45. The molecule has 0 aliphatic carbocycles. The monoisotopic (exact) mass is 242 g/mol. The quantitative estimate of drug-likeness (QED) is 0.679. The van der Waals surface area contributed by atoms with Crippen LogP contribution >= 0.6 is 0 Å². The first-order chi connectivity index (χ1) is 8.08. The van der Waals surface area contributed by atoms with Gasteiger partial charge in [0.2, 0.25) is 0 Å². The second-order valence-corrected chi connectivity index (χ2v) is 5.03. The normalized spacial score (nSPS) is 20.5. The van der Waals surface area contributed by atoms with Crippen LogP contribution in [0.2, 0.25) is 0 Å². The Morgan fingerprint density at radius 1 is 1.47 bits per heavy atom. The van der Waals surface area contributed by atoms with Gasteiger partial charge in [0.05, 0.1) is 13.0 Å². The molecule has 1 aliphatic rings. The van der Waals surface area contributed by atoms with Crippen LogP contribution in [-0.2, 0) is 9.53 Å². The predicted octanol–water partition coefficient (Wildman–Crippen LogP) is 1.21. The topological polar surface area (TPSA) is 32.8 Å². The lowest BCUT2D eigenvalue weighted by molar-refractivity contribution is -0.145. The summed E-state index contributed by atoms with van der Waals surface area (Å²) in [6.07, 6.45) is 2.41. The van der Waals surface area contributed by atoms with Gasteiger partial charge in [-0.3, -0.25) is 4.79 Å². The van der Waals surface area contributed by atoms with Crippen molar-refractivity contribution in [2.45, 2.75) is 32.7 Å². The highest BCUT2D eigenvalue weighted by atomic mass is 16.5. The molecule has 0 bridgehead atoms. The number of ether oxygens (including phenoxy) is 1. The van der Waals surface area contributed by atoms with Crippen molar-refractivity contribution in [2.75, 3.05) is 40.3 Å². The first-order valence-corrected chi connectivity index (χ1v) is 6.58. The SMILES string of the molecule is CCN1CCC(N(C)CC(C)C(=O)OC)CC1. The van der Waals surface area contributed by atoms with E-state index >= 15 is 0 Å². The molecular formula is C13H26N2O2. The molecule has 0 saturated carbocycles. The van der Waals surface area contributed by atoms with Crippen LogP contribution in [0, 0.1) is 5.92 Å². The second kappa shape index (κ2) is 6.97. The van der Waals surface area contributed by atoms with E-state index in [1.54, 1.807) is 0 Å². The maximum absolute atomic E-state index is 11.4. The summed E-state index contributed by atoms with van der Waals surface area (Å²) in [6, 6.07) is 0.616. The van der Waals surface area contributed by atoms with Crippen LogP contribution < -0.4 is 0 Å². The van der Waals surface area contributed by atoms with E-state index < -0.39 is 0 Å². The minimum Gasteiger partial charge on any atom is -0.469 e. The zero-order chi connectivity index (χ0) is 12.8. The standard InChI is InChI=1S/C13H26N2O2/c1-5-15-8-6-12(7-9-15)14(3)10-11(2)13(16)17-4/h11-12H,5-10H2,1-4H3. The Balaban J connectivity index is 2.33. The molecule has 1 aliphatic heterocycles. The lowest BCUT2D eigenvalue weighted by atomic mass is 10.0. The van der Waals surface area contributed by atoms with Crippen molar-refractivity contribution < 1.29 is 9.53 Å². The number of likely N-dealkylation sites (tertiary alicyclic amines) is 1. The predicted molar refractivity (Wildman–Crippen MR) is 68.9 cm³/mol. The molecule has 1 saturated heterocycles. The third kappa shape index (κ3) is 4.28. The number of carbonyl (C=O) groups is 1. The Kier molecular flexibility index (Phi) is 5.92. The first kappa shape index (κ1) is 14.5. The number of rotatable bonds is 5. The molecule has 100 valence electrons. The zero-order valence-corrected chi connectivity index (χ0v) is 11.6. The van der Waals surface area contributed by atoms with Crippen LogP contribution in [0.3, 0.4) is 0 Å². The van der Waals surface area contributed by atoms with Gasteiger partial charge in [-0.2, -0.15) is 0 Å². The maximum Gasteiger partial charge on any atom is 0.309 e. The maximum atomic E-state index is 11.4. The van der Waals surface area contributed by atoms with Crippen molar-refractivity contribution in [3.05, 3.63) is 0 Å². The molecule has 1 fully saturated rings. The first-order valence-electron chi connectivity index (χ1n) is 6.58. The van der Waals surface area contributed by atoms with E-state index in [9.17, 15) is 4.79 Å². The molecule has 17 heavy (non-hydrogen) atoms. The average Bonchev–Trinajstić information content (AvgIpc) is 2.37. The van der Waals surface area contributed by atoms with E-state index in [2.05, 4.69) is 23.8 Å². The largest absolute Gasteiger partial charge is 0.469 e. The number of esters is 1. The van der Waals surface area contributed by atoms with E-state index in [1.807, 2.05) is 6.92 Å². The van der Waals surface area contributed by atoms with Crippen molar-refractivity contribution in [1.29, 1.82) is 0 Å². The summed E-state index contributed by atoms with van der Waals surface area (Å²) in [7, 11) is 3.57. The minimum absolute atomic E-state index is 0.0331. The van der Waals surface area contributed by atoms with Crippen LogP contribution in [0.4, 0.5) is 0 Å². The van der Waals surface area contributed by atoms with Crippen molar-refractivity contribution in [3.8, 4) is 0 Å². The van der Waals surface area contributed by atoms with Crippen LogP contribution in [-0.4, -0.2) is 62.1 Å². The van der Waals surface area contributed by atoms with Gasteiger partial charge in [-0.1, -0.05) is 13.8 Å². The van der Waals surface area contributed by atoms with Gasteiger partial charge in [-0.05, 0) is 39.5 Å². The van der Waals surface area contributed by atoms with E-state index in [4.69, 9.17) is 4.74 Å². The Labute approximate surface area is 105 Å². The smallest absolute Gasteiger partial charge is 0.309 e. The highest BCUT2D eigenvalue weighted by Crippen LogP contribution is 2.16. The van der Waals surface area contributed by atoms with Gasteiger partial charge in [-0.25, -0.2) is 0 Å². The molecule has 0 radical (unpaired) electrons. The highest BCUT2D eigenvalue weighted by Gasteiger charge is 2.24. The molecule has 4 nitrogen and oxygen atoms in total. The Morgan fingerprint density at radius 2 is 2.06 bits per heavy atom. The third-order valence-corrected chi connectivity index (χ3v) is 3.79. The average molecular weight is 242 g/mol. The molecule has 1 unspecified atom stereocenters. The van der Waals surface area contributed by atoms with Crippen molar-refractivity contribution in [3.63, 3.8) is 0 Å². The zero-order valence-electron chi connectivity index (χ0n) is 11.6. The summed E-state index contributed by atoms with van der Waals surface area (Å²) >= 11 is 0. The molecule has 4 heteroatoms. The van der Waals surface area contributed by atoms with Crippen LogP contribution in [0.15, 0.2) is 0 Å². The number of carbonyl (C=O) groups excluding carboxylic acids is 1. The fourth-order valence-corrected chi connectivity index (χ4v) is 2.53. The number of piperidine rings is 1. The van der Waals surface area contributed by atoms with Crippen molar-refractivity contribution in [1.82, 2.24) is 9.80 Å². The lowest BCUT2D eigenvalue weighted by Gasteiger charge is -2.37. The fourth-order valence-electron chi connectivity index (χ4n) is 2.53. The molecule has 0 amide bonds. The molecule has 1 rings (SSSR count). The third-order valence-electron chi connectivity index (χ3n) is 3.79. The number of hydrogen-bond acceptors (Lipinski definition) is 4. The van der Waals surface area contributed by atoms with Crippen molar-refractivity contribution in [2.24, 2.45) is 5.92 Å². The molecule has 0 aromatic carbocycles. The van der Waals surface area contributed by atoms with Crippen LogP contribution in [0.1, 0.15) is 26.7 Å². The summed E-state index contributed by atoms with van der Waals surface area (Å²) in [6.45, 7) is 8.45. The Bertz CT molecular complexity index is 238. The Morgan fingerprint density at radius 3 is 2.53 bits per heavy atom. The van der Waals surface area contributed by atoms with E-state index in [0.29, 0.717) is 6.04 Å². The minimum atomic E-state index is -0.108. The van der Waals surface area contributed by atoms with Crippen LogP contribution in [0.25, 0.3) is 0 Å². The molecule has 1 heterocycles. The summed E-state index contributed by atoms with van der Waals surface area (Å²) in [5.74, 6) is -0.142. The summed E-state index contributed by atoms with van der Waals surface area (Å²) in [5.41, 5.74) is 0. The molecule has 0 aromatic rings. The van der Waals surface area contributed by atoms with E-state index in [0.717, 1.165) is 13.1 Å². The number of hydrogen-bond donors (Lipinski definition) is 0. The molecule has 0 N–H and O–H groups in total. The molecular weight excluding hydrogens is 216 g/mol. The van der Waals surface area contributed by atoms with Gasteiger partial charge in [0.25, 0.3) is 0 Å². The second-order valence-electron chi connectivity index (χ2n) is 5.03. The molecule has 0 aromatic heterocycles. The molecule has 0 spiro atoms. The van der Waals surface area contributed by atoms with E-state index in [1.165, 1.54) is 33.0 Å². The van der Waals surface area contributed by atoms with Gasteiger partial charge in [0, 0.05) is 12.6 Å². The van der Waals surface area contributed by atoms with Crippen LogP contribution in [0.5, 0.6) is 0 Å². The van der Waals surface area contributed by atoms with Gasteiger partial charge >= 0.3 is 5.97 Å².